The second-order valence-corrected chi connectivity index (χ2v) is 4.28. The first-order chi connectivity index (χ1) is 8.08. The Balaban J connectivity index is 2.77. The summed E-state index contributed by atoms with van der Waals surface area (Å²) in [5.74, 6) is -0.714. The van der Waals surface area contributed by atoms with Crippen LogP contribution >= 0.6 is 23.2 Å². The van der Waals surface area contributed by atoms with Crippen LogP contribution in [0.2, 0.25) is 10.0 Å². The van der Waals surface area contributed by atoms with Crippen LogP contribution in [0.1, 0.15) is 24.3 Å². The van der Waals surface area contributed by atoms with Gasteiger partial charge in [0, 0.05) is 6.42 Å². The van der Waals surface area contributed by atoms with Gasteiger partial charge >= 0.3 is 5.97 Å². The summed E-state index contributed by atoms with van der Waals surface area (Å²) < 4.78 is 4.53. The van der Waals surface area contributed by atoms with Crippen LogP contribution in [0, 0.1) is 11.3 Å². The summed E-state index contributed by atoms with van der Waals surface area (Å²) in [5.41, 5.74) is 0.755. The molecule has 1 unspecified atom stereocenters. The van der Waals surface area contributed by atoms with E-state index in [1.165, 1.54) is 7.11 Å². The smallest absolute Gasteiger partial charge is 0.305 e. The molecule has 3 nitrogen and oxygen atoms in total. The average Bonchev–Trinajstić information content (AvgIpc) is 2.33. The Labute approximate surface area is 110 Å². The fraction of sp³-hybridized carbons (Fsp3) is 0.333. The van der Waals surface area contributed by atoms with Gasteiger partial charge in [0.05, 0.1) is 29.1 Å². The number of carbonyl (C=O) groups excluding carboxylic acids is 1. The number of methoxy groups -OCH3 is 1. The monoisotopic (exact) mass is 271 g/mol. The number of carbonyl (C=O) groups is 1. The lowest BCUT2D eigenvalue weighted by atomic mass is 9.96. The number of nitrogens with zero attached hydrogens (tertiary/aromatic N) is 1. The Hall–Kier alpha value is -1.24. The van der Waals surface area contributed by atoms with Gasteiger partial charge in [-0.05, 0) is 24.1 Å². The molecule has 0 radical (unpaired) electrons. The van der Waals surface area contributed by atoms with Gasteiger partial charge in [-0.2, -0.15) is 5.26 Å². The first-order valence-corrected chi connectivity index (χ1v) is 5.75. The molecule has 0 spiro atoms. The number of esters is 1. The Morgan fingerprint density at radius 2 is 2.18 bits per heavy atom. The highest BCUT2D eigenvalue weighted by Crippen LogP contribution is 2.28. The molecular weight excluding hydrogens is 261 g/mol. The molecule has 0 aromatic heterocycles. The largest absolute Gasteiger partial charge is 0.469 e. The normalized spacial score (nSPS) is 11.6. The van der Waals surface area contributed by atoms with Crippen LogP contribution in [-0.4, -0.2) is 13.1 Å². The summed E-state index contributed by atoms with van der Waals surface area (Å²) in [5, 5.41) is 9.90. The van der Waals surface area contributed by atoms with Gasteiger partial charge in [0.2, 0.25) is 0 Å². The van der Waals surface area contributed by atoms with Crippen molar-refractivity contribution in [2.45, 2.75) is 18.8 Å². The van der Waals surface area contributed by atoms with Gasteiger partial charge in [0.1, 0.15) is 0 Å². The zero-order valence-electron chi connectivity index (χ0n) is 9.24. The fourth-order valence-corrected chi connectivity index (χ4v) is 1.71. The second kappa shape index (κ2) is 6.48. The van der Waals surface area contributed by atoms with Crippen LogP contribution in [0.3, 0.4) is 0 Å². The van der Waals surface area contributed by atoms with Crippen LogP contribution in [0.5, 0.6) is 0 Å². The maximum absolute atomic E-state index is 11.0. The van der Waals surface area contributed by atoms with E-state index in [0.29, 0.717) is 16.5 Å². The second-order valence-electron chi connectivity index (χ2n) is 3.47. The molecule has 0 fully saturated rings. The summed E-state index contributed by atoms with van der Waals surface area (Å²) in [6.07, 6.45) is 0.607. The fourth-order valence-electron chi connectivity index (χ4n) is 1.40. The quantitative estimate of drug-likeness (QED) is 0.787. The lowest BCUT2D eigenvalue weighted by Crippen LogP contribution is -2.04. The molecule has 17 heavy (non-hydrogen) atoms. The summed E-state index contributed by atoms with van der Waals surface area (Å²) in [6.45, 7) is 0. The number of hydrogen-bond donors (Lipinski definition) is 0. The third-order valence-electron chi connectivity index (χ3n) is 2.37. The minimum atomic E-state index is -0.385. The van der Waals surface area contributed by atoms with Crippen molar-refractivity contribution < 1.29 is 9.53 Å². The molecule has 0 aliphatic carbocycles. The highest BCUT2D eigenvalue weighted by molar-refractivity contribution is 6.42. The van der Waals surface area contributed by atoms with Crippen molar-refractivity contribution in [2.24, 2.45) is 0 Å². The van der Waals surface area contributed by atoms with Gasteiger partial charge in [-0.1, -0.05) is 29.3 Å². The number of hydrogen-bond acceptors (Lipinski definition) is 3. The molecule has 0 aliphatic heterocycles. The number of ether oxygens (including phenoxy) is 1. The molecule has 90 valence electrons. The van der Waals surface area contributed by atoms with E-state index in [4.69, 9.17) is 28.5 Å². The van der Waals surface area contributed by atoms with Gasteiger partial charge in [-0.25, -0.2) is 0 Å². The van der Waals surface area contributed by atoms with Crippen molar-refractivity contribution in [1.82, 2.24) is 0 Å². The standard InChI is InChI=1S/C12H11Cl2NO2/c1-17-12(16)5-3-9(7-15)8-2-4-10(13)11(14)6-8/h2,4,6,9H,3,5H2,1H3. The van der Waals surface area contributed by atoms with E-state index >= 15 is 0 Å². The Bertz CT molecular complexity index is 454. The van der Waals surface area contributed by atoms with Crippen LogP contribution in [0.4, 0.5) is 0 Å². The van der Waals surface area contributed by atoms with E-state index in [1.807, 2.05) is 0 Å². The van der Waals surface area contributed by atoms with E-state index in [2.05, 4.69) is 10.8 Å². The van der Waals surface area contributed by atoms with Crippen molar-refractivity contribution in [3.05, 3.63) is 33.8 Å². The lowest BCUT2D eigenvalue weighted by Gasteiger charge is -2.09. The maximum atomic E-state index is 11.0. The van der Waals surface area contributed by atoms with Gasteiger partial charge in [-0.3, -0.25) is 4.79 Å². The summed E-state index contributed by atoms with van der Waals surface area (Å²) in [4.78, 5) is 11.0. The molecule has 1 aromatic carbocycles. The predicted octanol–water partition coefficient (Wildman–Crippen LogP) is 3.55. The van der Waals surface area contributed by atoms with E-state index in [-0.39, 0.29) is 18.3 Å². The van der Waals surface area contributed by atoms with Crippen molar-refractivity contribution in [2.75, 3.05) is 7.11 Å². The van der Waals surface area contributed by atoms with E-state index in [1.54, 1.807) is 18.2 Å². The van der Waals surface area contributed by atoms with Gasteiger partial charge in [-0.15, -0.1) is 0 Å². The van der Waals surface area contributed by atoms with Gasteiger partial charge in [0.15, 0.2) is 0 Å². The first-order valence-electron chi connectivity index (χ1n) is 5.00. The SMILES string of the molecule is COC(=O)CCC(C#N)c1ccc(Cl)c(Cl)c1. The minimum Gasteiger partial charge on any atom is -0.469 e. The molecule has 0 saturated carbocycles. The molecule has 0 saturated heterocycles. The molecule has 0 bridgehead atoms. The topological polar surface area (TPSA) is 50.1 Å². The summed E-state index contributed by atoms with van der Waals surface area (Å²) in [6, 6.07) is 7.16. The molecule has 0 N–H and O–H groups in total. The number of nitriles is 1. The average molecular weight is 272 g/mol. The van der Waals surface area contributed by atoms with Gasteiger partial charge < -0.3 is 4.74 Å². The molecule has 1 aromatic rings. The Morgan fingerprint density at radius 1 is 1.47 bits per heavy atom. The number of benzene rings is 1. The Kier molecular flexibility index (Phi) is 5.27. The Morgan fingerprint density at radius 3 is 2.71 bits per heavy atom. The van der Waals surface area contributed by atoms with Crippen molar-refractivity contribution in [3.63, 3.8) is 0 Å². The molecule has 0 aliphatic rings. The third kappa shape index (κ3) is 3.92. The molecular formula is C12H11Cl2NO2. The predicted molar refractivity (Wildman–Crippen MR) is 66.1 cm³/mol. The number of halogens is 2. The molecule has 5 heteroatoms. The van der Waals surface area contributed by atoms with Crippen molar-refractivity contribution >= 4 is 29.2 Å². The van der Waals surface area contributed by atoms with E-state index in [0.717, 1.165) is 5.56 Å². The minimum absolute atomic E-state index is 0.203. The van der Waals surface area contributed by atoms with E-state index < -0.39 is 0 Å². The van der Waals surface area contributed by atoms with Crippen molar-refractivity contribution in [3.8, 4) is 6.07 Å². The highest BCUT2D eigenvalue weighted by atomic mass is 35.5. The third-order valence-corrected chi connectivity index (χ3v) is 3.11. The summed E-state index contributed by atoms with van der Waals surface area (Å²) in [7, 11) is 1.32. The van der Waals surface area contributed by atoms with Crippen LogP contribution in [-0.2, 0) is 9.53 Å². The summed E-state index contributed by atoms with van der Waals surface area (Å²) >= 11 is 11.7. The number of rotatable bonds is 4. The van der Waals surface area contributed by atoms with Gasteiger partial charge in [0.25, 0.3) is 0 Å². The highest BCUT2D eigenvalue weighted by Gasteiger charge is 2.14. The first kappa shape index (κ1) is 13.8. The van der Waals surface area contributed by atoms with Crippen molar-refractivity contribution in [1.29, 1.82) is 5.26 Å². The molecule has 0 heterocycles. The van der Waals surface area contributed by atoms with E-state index in [9.17, 15) is 4.79 Å². The zero-order valence-corrected chi connectivity index (χ0v) is 10.8. The maximum Gasteiger partial charge on any atom is 0.305 e. The van der Waals surface area contributed by atoms with Crippen LogP contribution < -0.4 is 0 Å². The molecule has 0 amide bonds. The molecule has 1 atom stereocenters. The van der Waals surface area contributed by atoms with Crippen LogP contribution in [0.25, 0.3) is 0 Å². The lowest BCUT2D eigenvalue weighted by molar-refractivity contribution is -0.140. The van der Waals surface area contributed by atoms with Crippen LogP contribution in [0.15, 0.2) is 18.2 Å². The zero-order chi connectivity index (χ0) is 12.8. The molecule has 1 rings (SSSR count).